The van der Waals surface area contributed by atoms with E-state index in [1.807, 2.05) is 6.92 Å². The molecule has 1 N–H and O–H groups in total. The molecule has 1 heterocycles. The monoisotopic (exact) mass is 260 g/mol. The van der Waals surface area contributed by atoms with E-state index in [-0.39, 0.29) is 11.8 Å². The second-order valence-electron chi connectivity index (χ2n) is 5.70. The van der Waals surface area contributed by atoms with Gasteiger partial charge < -0.3 is 10.2 Å². The van der Waals surface area contributed by atoms with Gasteiger partial charge in [-0.15, -0.1) is 0 Å². The summed E-state index contributed by atoms with van der Waals surface area (Å²) in [6.07, 6.45) is 6.38. The van der Waals surface area contributed by atoms with Crippen molar-refractivity contribution in [2.75, 3.05) is 25.1 Å². The van der Waals surface area contributed by atoms with Gasteiger partial charge in [-0.05, 0) is 45.7 Å². The Morgan fingerprint density at radius 3 is 2.29 bits per heavy atom. The van der Waals surface area contributed by atoms with Gasteiger partial charge in [0.25, 0.3) is 0 Å². The van der Waals surface area contributed by atoms with E-state index in [0.29, 0.717) is 6.04 Å². The first-order valence-electron chi connectivity index (χ1n) is 6.62. The molecule has 0 aromatic heterocycles. The number of hydrogen-bond acceptors (Lipinski definition) is 4. The van der Waals surface area contributed by atoms with Crippen LogP contribution in [0, 0.1) is 0 Å². The van der Waals surface area contributed by atoms with Gasteiger partial charge in [0.1, 0.15) is 9.84 Å². The standard InChI is InChI=1S/C12H24N2O2S/c1-10(9-17(2,15)16)13-11-5-7-14(8-6-11)12-3-4-12/h10-13H,3-9H2,1-2H3. The first-order valence-corrected chi connectivity index (χ1v) is 8.68. The van der Waals surface area contributed by atoms with E-state index < -0.39 is 9.84 Å². The Balaban J connectivity index is 1.70. The summed E-state index contributed by atoms with van der Waals surface area (Å²) < 4.78 is 22.4. The zero-order chi connectivity index (χ0) is 12.5. The average molecular weight is 260 g/mol. The molecule has 0 bridgehead atoms. The molecular formula is C12H24N2O2S. The van der Waals surface area contributed by atoms with Gasteiger partial charge in [-0.3, -0.25) is 0 Å². The predicted octanol–water partition coefficient (Wildman–Crippen LogP) is 0.636. The van der Waals surface area contributed by atoms with Crippen molar-refractivity contribution in [1.82, 2.24) is 10.2 Å². The topological polar surface area (TPSA) is 49.4 Å². The van der Waals surface area contributed by atoms with Crippen molar-refractivity contribution in [1.29, 1.82) is 0 Å². The Labute approximate surface area is 105 Å². The van der Waals surface area contributed by atoms with Crippen molar-refractivity contribution >= 4 is 9.84 Å². The molecule has 0 spiro atoms. The molecule has 2 fully saturated rings. The van der Waals surface area contributed by atoms with Crippen LogP contribution in [0.1, 0.15) is 32.6 Å². The van der Waals surface area contributed by atoms with Crippen LogP contribution in [0.2, 0.25) is 0 Å². The Hall–Kier alpha value is -0.130. The molecule has 1 saturated carbocycles. The van der Waals surface area contributed by atoms with Gasteiger partial charge >= 0.3 is 0 Å². The lowest BCUT2D eigenvalue weighted by Crippen LogP contribution is -2.47. The molecule has 100 valence electrons. The van der Waals surface area contributed by atoms with Crippen molar-refractivity contribution in [2.45, 2.75) is 50.7 Å². The molecule has 17 heavy (non-hydrogen) atoms. The summed E-state index contributed by atoms with van der Waals surface area (Å²) in [5.41, 5.74) is 0. The third-order valence-electron chi connectivity index (χ3n) is 3.67. The fraction of sp³-hybridized carbons (Fsp3) is 1.00. The molecule has 2 rings (SSSR count). The van der Waals surface area contributed by atoms with Crippen LogP contribution in [0.15, 0.2) is 0 Å². The fourth-order valence-corrected chi connectivity index (χ4v) is 3.78. The number of hydrogen-bond donors (Lipinski definition) is 1. The average Bonchev–Trinajstić information content (AvgIpc) is 2.99. The predicted molar refractivity (Wildman–Crippen MR) is 69.9 cm³/mol. The molecule has 0 aromatic rings. The van der Waals surface area contributed by atoms with E-state index in [4.69, 9.17) is 0 Å². The fourth-order valence-electron chi connectivity index (χ4n) is 2.78. The Morgan fingerprint density at radius 2 is 1.82 bits per heavy atom. The van der Waals surface area contributed by atoms with E-state index in [1.165, 1.54) is 32.2 Å². The third-order valence-corrected chi connectivity index (χ3v) is 4.77. The number of piperidine rings is 1. The molecule has 0 aromatic carbocycles. The van der Waals surface area contributed by atoms with Crippen molar-refractivity contribution in [2.24, 2.45) is 0 Å². The van der Waals surface area contributed by atoms with Gasteiger partial charge in [-0.2, -0.15) is 0 Å². The van der Waals surface area contributed by atoms with Crippen molar-refractivity contribution in [3.05, 3.63) is 0 Å². The van der Waals surface area contributed by atoms with Crippen LogP contribution in [0.5, 0.6) is 0 Å². The molecule has 1 unspecified atom stereocenters. The summed E-state index contributed by atoms with van der Waals surface area (Å²) >= 11 is 0. The second kappa shape index (κ2) is 5.24. The smallest absolute Gasteiger partial charge is 0.148 e. The van der Waals surface area contributed by atoms with E-state index in [2.05, 4.69) is 10.2 Å². The van der Waals surface area contributed by atoms with E-state index >= 15 is 0 Å². The molecule has 5 heteroatoms. The highest BCUT2D eigenvalue weighted by Gasteiger charge is 2.32. The van der Waals surface area contributed by atoms with E-state index in [9.17, 15) is 8.42 Å². The number of nitrogens with one attached hydrogen (secondary N) is 1. The van der Waals surface area contributed by atoms with Crippen molar-refractivity contribution < 1.29 is 8.42 Å². The molecule has 4 nitrogen and oxygen atoms in total. The molecule has 1 aliphatic carbocycles. The summed E-state index contributed by atoms with van der Waals surface area (Å²) in [5.74, 6) is 0.246. The highest BCUT2D eigenvalue weighted by atomic mass is 32.2. The van der Waals surface area contributed by atoms with E-state index in [1.54, 1.807) is 0 Å². The Bertz CT molecular complexity index is 344. The summed E-state index contributed by atoms with van der Waals surface area (Å²) in [5, 5.41) is 3.45. The Morgan fingerprint density at radius 1 is 1.24 bits per heavy atom. The summed E-state index contributed by atoms with van der Waals surface area (Å²) in [4.78, 5) is 2.58. The van der Waals surface area contributed by atoms with E-state index in [0.717, 1.165) is 18.9 Å². The van der Waals surface area contributed by atoms with Crippen molar-refractivity contribution in [3.8, 4) is 0 Å². The van der Waals surface area contributed by atoms with Crippen LogP contribution in [-0.2, 0) is 9.84 Å². The summed E-state index contributed by atoms with van der Waals surface area (Å²) in [6, 6.07) is 1.44. The number of sulfone groups is 1. The molecule has 0 amide bonds. The lowest BCUT2D eigenvalue weighted by molar-refractivity contribution is 0.185. The molecule has 1 atom stereocenters. The quantitative estimate of drug-likeness (QED) is 0.788. The lowest BCUT2D eigenvalue weighted by atomic mass is 10.0. The van der Waals surface area contributed by atoms with Crippen LogP contribution >= 0.6 is 0 Å². The molecule has 0 radical (unpaired) electrons. The maximum atomic E-state index is 11.2. The molecule has 1 aliphatic heterocycles. The SMILES string of the molecule is CC(CS(C)(=O)=O)NC1CCN(C2CC2)CC1. The van der Waals surface area contributed by atoms with Gasteiger partial charge in [0.15, 0.2) is 0 Å². The van der Waals surface area contributed by atoms with Gasteiger partial charge in [-0.1, -0.05) is 0 Å². The minimum Gasteiger partial charge on any atom is -0.310 e. The van der Waals surface area contributed by atoms with Crippen LogP contribution < -0.4 is 5.32 Å². The van der Waals surface area contributed by atoms with Crippen LogP contribution in [0.3, 0.4) is 0 Å². The number of nitrogens with zero attached hydrogens (tertiary/aromatic N) is 1. The highest BCUT2D eigenvalue weighted by molar-refractivity contribution is 7.90. The Kier molecular flexibility index (Phi) is 4.10. The highest BCUT2D eigenvalue weighted by Crippen LogP contribution is 2.29. The van der Waals surface area contributed by atoms with Gasteiger partial charge in [0, 0.05) is 24.4 Å². The zero-order valence-electron chi connectivity index (χ0n) is 10.9. The summed E-state index contributed by atoms with van der Waals surface area (Å²) in [7, 11) is -2.86. The number of rotatable bonds is 5. The number of likely N-dealkylation sites (tertiary alicyclic amines) is 1. The summed E-state index contributed by atoms with van der Waals surface area (Å²) in [6.45, 7) is 4.32. The zero-order valence-corrected chi connectivity index (χ0v) is 11.7. The van der Waals surface area contributed by atoms with Gasteiger partial charge in [0.05, 0.1) is 5.75 Å². The molecule has 1 saturated heterocycles. The maximum absolute atomic E-state index is 11.2. The van der Waals surface area contributed by atoms with Crippen LogP contribution in [-0.4, -0.2) is 56.5 Å². The van der Waals surface area contributed by atoms with Gasteiger partial charge in [0.2, 0.25) is 0 Å². The first-order chi connectivity index (χ1) is 7.94. The minimum atomic E-state index is -2.86. The van der Waals surface area contributed by atoms with Gasteiger partial charge in [-0.25, -0.2) is 8.42 Å². The third kappa shape index (κ3) is 4.56. The lowest BCUT2D eigenvalue weighted by Gasteiger charge is -2.33. The minimum absolute atomic E-state index is 0.0717. The normalized spacial score (nSPS) is 26.0. The molecular weight excluding hydrogens is 236 g/mol. The van der Waals surface area contributed by atoms with Crippen molar-refractivity contribution in [3.63, 3.8) is 0 Å². The van der Waals surface area contributed by atoms with Crippen LogP contribution in [0.25, 0.3) is 0 Å². The maximum Gasteiger partial charge on any atom is 0.148 e. The molecule has 2 aliphatic rings. The van der Waals surface area contributed by atoms with Crippen LogP contribution in [0.4, 0.5) is 0 Å². The second-order valence-corrected chi connectivity index (χ2v) is 7.89. The first kappa shape index (κ1) is 13.3. The largest absolute Gasteiger partial charge is 0.310 e.